The number of hydrogen-bond donors (Lipinski definition) is 0. The van der Waals surface area contributed by atoms with Crippen LogP contribution in [0.25, 0.3) is 24.3 Å². The molecule has 0 bridgehead atoms. The molecule has 0 radical (unpaired) electrons. The van der Waals surface area contributed by atoms with Crippen molar-refractivity contribution in [3.63, 3.8) is 0 Å². The molecule has 0 aliphatic rings. The molecule has 0 aliphatic carbocycles. The first-order valence-electron chi connectivity index (χ1n) is 15.1. The molecule has 0 amide bonds. The Bertz CT molecular complexity index is 1570. The zero-order chi connectivity index (χ0) is 29.7. The number of ether oxygens (including phenoxy) is 1. The van der Waals surface area contributed by atoms with Crippen LogP contribution in [0, 0.1) is 3.57 Å². The first-order valence-corrected chi connectivity index (χ1v) is 16.2. The number of hydrogen-bond acceptors (Lipinski definition) is 2. The quantitative estimate of drug-likeness (QED) is 0.0700. The van der Waals surface area contributed by atoms with Gasteiger partial charge < -0.3 is 9.64 Å². The zero-order valence-electron chi connectivity index (χ0n) is 24.7. The van der Waals surface area contributed by atoms with E-state index in [9.17, 15) is 0 Å². The molecule has 0 N–H and O–H groups in total. The van der Waals surface area contributed by atoms with E-state index in [-0.39, 0.29) is 0 Å². The van der Waals surface area contributed by atoms with Crippen molar-refractivity contribution in [3.8, 4) is 5.75 Å². The highest BCUT2D eigenvalue weighted by atomic mass is 127. The van der Waals surface area contributed by atoms with Crippen LogP contribution in [0.4, 0.5) is 17.1 Å². The summed E-state index contributed by atoms with van der Waals surface area (Å²) in [5.74, 6) is 0.941. The highest BCUT2D eigenvalue weighted by molar-refractivity contribution is 14.1. The van der Waals surface area contributed by atoms with Gasteiger partial charge >= 0.3 is 0 Å². The van der Waals surface area contributed by atoms with Crippen molar-refractivity contribution in [2.24, 2.45) is 0 Å². The second-order valence-electron chi connectivity index (χ2n) is 10.6. The molecule has 0 heterocycles. The van der Waals surface area contributed by atoms with Crippen molar-refractivity contribution in [1.29, 1.82) is 0 Å². The summed E-state index contributed by atoms with van der Waals surface area (Å²) in [6, 6.07) is 44.7. The average Bonchev–Trinajstić information content (AvgIpc) is 3.05. The standard InChI is InChI=1S/C40H38INO/c1-2-3-4-11-28-43-40-26-22-33(23-27-40)17-19-35-29-34(30-36(41)31-35)18-16-32-20-24-39(25-21-32)42(37-12-7-5-8-13-37)38-14-9-6-10-15-38/h5-10,12-27,29-31H,2-4,11,28H2,1H3/b18-16+,19-17+. The van der Waals surface area contributed by atoms with Crippen molar-refractivity contribution in [2.45, 2.75) is 32.6 Å². The van der Waals surface area contributed by atoms with E-state index in [0.717, 1.165) is 47.0 Å². The topological polar surface area (TPSA) is 12.5 Å². The molecule has 5 aromatic rings. The highest BCUT2D eigenvalue weighted by Gasteiger charge is 2.11. The molecule has 0 unspecified atom stereocenters. The summed E-state index contributed by atoms with van der Waals surface area (Å²) in [5.41, 5.74) is 8.08. The van der Waals surface area contributed by atoms with Crippen LogP contribution in [0.3, 0.4) is 0 Å². The van der Waals surface area contributed by atoms with Gasteiger partial charge in [0.1, 0.15) is 5.75 Å². The Balaban J connectivity index is 1.25. The van der Waals surface area contributed by atoms with Crippen molar-refractivity contribution in [1.82, 2.24) is 0 Å². The van der Waals surface area contributed by atoms with E-state index in [1.54, 1.807) is 0 Å². The summed E-state index contributed by atoms with van der Waals surface area (Å²) in [5, 5.41) is 0. The van der Waals surface area contributed by atoms with Crippen molar-refractivity contribution in [3.05, 3.63) is 153 Å². The summed E-state index contributed by atoms with van der Waals surface area (Å²) in [6.07, 6.45) is 13.6. The first-order chi connectivity index (χ1) is 21.2. The van der Waals surface area contributed by atoms with Crippen molar-refractivity contribution >= 4 is 64.0 Å². The Morgan fingerprint density at radius 1 is 0.535 bits per heavy atom. The van der Waals surface area contributed by atoms with Crippen LogP contribution < -0.4 is 9.64 Å². The maximum atomic E-state index is 5.89. The third-order valence-electron chi connectivity index (χ3n) is 7.21. The maximum Gasteiger partial charge on any atom is 0.119 e. The lowest BCUT2D eigenvalue weighted by molar-refractivity contribution is 0.305. The second kappa shape index (κ2) is 15.9. The van der Waals surface area contributed by atoms with Gasteiger partial charge in [0.25, 0.3) is 0 Å². The van der Waals surface area contributed by atoms with Gasteiger partial charge in [0, 0.05) is 20.6 Å². The number of para-hydroxylation sites is 2. The largest absolute Gasteiger partial charge is 0.494 e. The summed E-state index contributed by atoms with van der Waals surface area (Å²) >= 11 is 2.40. The van der Waals surface area contributed by atoms with Gasteiger partial charge in [0.2, 0.25) is 0 Å². The molecular weight excluding hydrogens is 637 g/mol. The molecule has 0 atom stereocenters. The summed E-state index contributed by atoms with van der Waals surface area (Å²) in [7, 11) is 0. The fraction of sp³-hybridized carbons (Fsp3) is 0.150. The van der Waals surface area contributed by atoms with Crippen LogP contribution in [0.15, 0.2) is 127 Å². The Hall–Kier alpha value is -4.09. The summed E-state index contributed by atoms with van der Waals surface area (Å²) in [4.78, 5) is 2.28. The SMILES string of the molecule is CCCCCCOc1ccc(/C=C/c2cc(I)cc(/C=C/c3ccc(N(c4ccccc4)c4ccccc4)cc3)c2)cc1. The second-order valence-corrected chi connectivity index (χ2v) is 11.8. The Morgan fingerprint density at radius 3 is 1.56 bits per heavy atom. The van der Waals surface area contributed by atoms with Gasteiger partial charge in [-0.15, -0.1) is 0 Å². The zero-order valence-corrected chi connectivity index (χ0v) is 26.9. The number of nitrogens with zero attached hydrogens (tertiary/aromatic N) is 1. The van der Waals surface area contributed by atoms with Crippen LogP contribution in [0.1, 0.15) is 54.9 Å². The lowest BCUT2D eigenvalue weighted by Crippen LogP contribution is -2.09. The maximum absolute atomic E-state index is 5.89. The number of halogens is 1. The molecule has 0 aliphatic heterocycles. The predicted octanol–water partition coefficient (Wildman–Crippen LogP) is 12.1. The third kappa shape index (κ3) is 9.20. The molecule has 216 valence electrons. The van der Waals surface area contributed by atoms with E-state index in [2.05, 4.69) is 186 Å². The molecule has 2 nitrogen and oxygen atoms in total. The van der Waals surface area contributed by atoms with Crippen LogP contribution in [-0.2, 0) is 0 Å². The number of benzene rings is 5. The van der Waals surface area contributed by atoms with Gasteiger partial charge in [0.05, 0.1) is 6.61 Å². The molecule has 5 rings (SSSR count). The molecule has 0 fully saturated rings. The van der Waals surface area contributed by atoms with Gasteiger partial charge in [-0.05, 0) is 118 Å². The van der Waals surface area contributed by atoms with E-state index in [1.807, 2.05) is 0 Å². The minimum atomic E-state index is 0.790. The molecule has 0 aromatic heterocycles. The molecule has 3 heteroatoms. The monoisotopic (exact) mass is 675 g/mol. The molecule has 43 heavy (non-hydrogen) atoms. The third-order valence-corrected chi connectivity index (χ3v) is 7.83. The van der Waals surface area contributed by atoms with Gasteiger partial charge in [-0.2, -0.15) is 0 Å². The molecule has 0 saturated carbocycles. The van der Waals surface area contributed by atoms with Gasteiger partial charge in [0.15, 0.2) is 0 Å². The number of anilines is 3. The molecule has 0 saturated heterocycles. The predicted molar refractivity (Wildman–Crippen MR) is 194 cm³/mol. The van der Waals surface area contributed by atoms with Gasteiger partial charge in [-0.25, -0.2) is 0 Å². The van der Waals surface area contributed by atoms with Crippen molar-refractivity contribution < 1.29 is 4.74 Å². The fourth-order valence-corrected chi connectivity index (χ4v) is 5.66. The lowest BCUT2D eigenvalue weighted by Gasteiger charge is -2.25. The van der Waals surface area contributed by atoms with E-state index >= 15 is 0 Å². The first kappa shape index (κ1) is 30.4. The van der Waals surface area contributed by atoms with Crippen molar-refractivity contribution in [2.75, 3.05) is 11.5 Å². The van der Waals surface area contributed by atoms with Gasteiger partial charge in [-0.3, -0.25) is 0 Å². The number of rotatable bonds is 13. The summed E-state index contributed by atoms with van der Waals surface area (Å²) in [6.45, 7) is 3.02. The molecule has 0 spiro atoms. The van der Waals surface area contributed by atoms with Crippen LogP contribution in [-0.4, -0.2) is 6.61 Å². The van der Waals surface area contributed by atoms with E-state index in [4.69, 9.17) is 4.74 Å². The summed E-state index contributed by atoms with van der Waals surface area (Å²) < 4.78 is 7.10. The van der Waals surface area contributed by atoms with Gasteiger partial charge in [-0.1, -0.05) is 111 Å². The Morgan fingerprint density at radius 2 is 1.02 bits per heavy atom. The van der Waals surface area contributed by atoms with E-state index in [1.165, 1.54) is 34.0 Å². The number of unbranched alkanes of at least 4 members (excludes halogenated alkanes) is 3. The van der Waals surface area contributed by atoms with E-state index in [0.29, 0.717) is 0 Å². The minimum absolute atomic E-state index is 0.790. The smallest absolute Gasteiger partial charge is 0.119 e. The minimum Gasteiger partial charge on any atom is -0.494 e. The normalized spacial score (nSPS) is 11.3. The Labute approximate surface area is 270 Å². The fourth-order valence-electron chi connectivity index (χ4n) is 4.94. The molecular formula is C40H38INO. The Kier molecular flexibility index (Phi) is 11.3. The molecule has 5 aromatic carbocycles. The lowest BCUT2D eigenvalue weighted by atomic mass is 10.1. The van der Waals surface area contributed by atoms with Crippen LogP contribution >= 0.6 is 22.6 Å². The van der Waals surface area contributed by atoms with Crippen LogP contribution in [0.5, 0.6) is 5.75 Å². The highest BCUT2D eigenvalue weighted by Crippen LogP contribution is 2.34. The van der Waals surface area contributed by atoms with Crippen LogP contribution in [0.2, 0.25) is 0 Å². The van der Waals surface area contributed by atoms with E-state index < -0.39 is 0 Å². The average molecular weight is 676 g/mol.